The fourth-order valence-corrected chi connectivity index (χ4v) is 1.58. The molecule has 0 aromatic rings. The Kier molecular flexibility index (Phi) is 7.29. The minimum absolute atomic E-state index is 0.238. The van der Waals surface area contributed by atoms with Gasteiger partial charge in [0.05, 0.1) is 0 Å². The highest BCUT2D eigenvalue weighted by Gasteiger charge is 2.17. The Morgan fingerprint density at radius 1 is 1.22 bits per heavy atom. The summed E-state index contributed by atoms with van der Waals surface area (Å²) in [4.78, 5) is 11.5. The fourth-order valence-electron chi connectivity index (χ4n) is 1.58. The van der Waals surface area contributed by atoms with Crippen LogP contribution < -0.4 is 10.6 Å². The lowest BCUT2D eigenvalue weighted by Crippen LogP contribution is -2.45. The molecule has 0 rings (SSSR count). The molecular weight excluding hydrogens is 228 g/mol. The van der Waals surface area contributed by atoms with Crippen LogP contribution in [0, 0.1) is 5.92 Å². The van der Waals surface area contributed by atoms with Crippen molar-refractivity contribution in [3.8, 4) is 0 Å². The number of carbonyl (C=O) groups is 1. The molecule has 4 nitrogen and oxygen atoms in total. The molecule has 3 atom stereocenters. The van der Waals surface area contributed by atoms with E-state index in [1.165, 1.54) is 0 Å². The van der Waals surface area contributed by atoms with E-state index in [0.29, 0.717) is 18.5 Å². The van der Waals surface area contributed by atoms with Crippen LogP contribution in [0.5, 0.6) is 0 Å². The monoisotopic (exact) mass is 258 g/mol. The van der Waals surface area contributed by atoms with Crippen LogP contribution in [0.3, 0.4) is 0 Å². The summed E-state index contributed by atoms with van der Waals surface area (Å²) in [5.74, 6) is 0.633. The molecule has 0 aromatic heterocycles. The molecule has 0 saturated heterocycles. The number of rotatable bonds is 6. The fraction of sp³-hybridized carbons (Fsp3) is 0.929. The minimum atomic E-state index is -0.440. The van der Waals surface area contributed by atoms with Crippen LogP contribution in [-0.4, -0.2) is 30.3 Å². The van der Waals surface area contributed by atoms with Gasteiger partial charge in [-0.05, 0) is 40.5 Å². The molecule has 4 heteroatoms. The topological polar surface area (TPSA) is 50.4 Å². The summed E-state index contributed by atoms with van der Waals surface area (Å²) < 4.78 is 5.18. The molecule has 0 aromatic carbocycles. The van der Waals surface area contributed by atoms with Crippen LogP contribution in [0.25, 0.3) is 0 Å². The van der Waals surface area contributed by atoms with E-state index in [1.807, 2.05) is 20.8 Å². The van der Waals surface area contributed by atoms with Gasteiger partial charge >= 0.3 is 6.09 Å². The first-order valence-electron chi connectivity index (χ1n) is 6.88. The van der Waals surface area contributed by atoms with Gasteiger partial charge < -0.3 is 15.4 Å². The number of amides is 1. The second-order valence-electron chi connectivity index (χ2n) is 6.12. The van der Waals surface area contributed by atoms with Crippen LogP contribution in [-0.2, 0) is 4.74 Å². The lowest BCUT2D eigenvalue weighted by atomic mass is 10.0. The van der Waals surface area contributed by atoms with Crippen molar-refractivity contribution in [2.75, 3.05) is 6.54 Å². The molecule has 108 valence electrons. The molecule has 0 radical (unpaired) electrons. The highest BCUT2D eigenvalue weighted by molar-refractivity contribution is 5.67. The van der Waals surface area contributed by atoms with E-state index >= 15 is 0 Å². The predicted molar refractivity (Wildman–Crippen MR) is 75.8 cm³/mol. The maximum atomic E-state index is 11.5. The molecule has 0 aliphatic heterocycles. The average molecular weight is 258 g/mol. The first-order chi connectivity index (χ1) is 8.15. The Morgan fingerprint density at radius 2 is 1.78 bits per heavy atom. The van der Waals surface area contributed by atoms with E-state index in [-0.39, 0.29) is 12.1 Å². The third-order valence-electron chi connectivity index (χ3n) is 3.00. The molecule has 0 aliphatic carbocycles. The lowest BCUT2D eigenvalue weighted by Gasteiger charge is -2.25. The number of alkyl carbamates (subject to hydrolysis) is 1. The van der Waals surface area contributed by atoms with Gasteiger partial charge in [0.15, 0.2) is 0 Å². The molecular formula is C14H30N2O2. The van der Waals surface area contributed by atoms with Crippen LogP contribution in [0.2, 0.25) is 0 Å². The van der Waals surface area contributed by atoms with E-state index in [2.05, 4.69) is 38.3 Å². The van der Waals surface area contributed by atoms with Crippen molar-refractivity contribution in [1.29, 1.82) is 0 Å². The molecule has 2 N–H and O–H groups in total. The summed E-state index contributed by atoms with van der Waals surface area (Å²) in [6, 6.07) is 0.687. The molecule has 0 spiro atoms. The summed E-state index contributed by atoms with van der Waals surface area (Å²) in [5, 5.41) is 6.26. The maximum absolute atomic E-state index is 11.5. The molecule has 0 bridgehead atoms. The molecule has 0 saturated carbocycles. The normalized spacial score (nSPS) is 16.8. The minimum Gasteiger partial charge on any atom is -0.444 e. The number of hydrogen-bond donors (Lipinski definition) is 2. The zero-order chi connectivity index (χ0) is 14.3. The summed E-state index contributed by atoms with van der Waals surface area (Å²) in [5.41, 5.74) is -0.440. The second-order valence-corrected chi connectivity index (χ2v) is 6.12. The van der Waals surface area contributed by atoms with Crippen molar-refractivity contribution in [1.82, 2.24) is 10.6 Å². The third kappa shape index (κ3) is 8.34. The van der Waals surface area contributed by atoms with E-state index < -0.39 is 5.60 Å². The second kappa shape index (κ2) is 7.62. The van der Waals surface area contributed by atoms with E-state index in [0.717, 1.165) is 6.42 Å². The van der Waals surface area contributed by atoms with Crippen LogP contribution in [0.1, 0.15) is 54.9 Å². The smallest absolute Gasteiger partial charge is 0.407 e. The molecule has 0 fully saturated rings. The van der Waals surface area contributed by atoms with Crippen molar-refractivity contribution < 1.29 is 9.53 Å². The van der Waals surface area contributed by atoms with Gasteiger partial charge in [-0.25, -0.2) is 4.79 Å². The first kappa shape index (κ1) is 17.2. The number of carbonyl (C=O) groups excluding carboxylic acids is 1. The van der Waals surface area contributed by atoms with Gasteiger partial charge in [-0.3, -0.25) is 0 Å². The van der Waals surface area contributed by atoms with Crippen molar-refractivity contribution in [2.24, 2.45) is 5.92 Å². The maximum Gasteiger partial charge on any atom is 0.407 e. The molecule has 18 heavy (non-hydrogen) atoms. The van der Waals surface area contributed by atoms with Crippen molar-refractivity contribution in [2.45, 2.75) is 72.6 Å². The highest BCUT2D eigenvalue weighted by atomic mass is 16.6. The molecule has 0 aliphatic rings. The Hall–Kier alpha value is -0.770. The van der Waals surface area contributed by atoms with Crippen LogP contribution in [0.4, 0.5) is 4.79 Å². The summed E-state index contributed by atoms with van der Waals surface area (Å²) in [7, 11) is 0. The Morgan fingerprint density at radius 3 is 2.22 bits per heavy atom. The van der Waals surface area contributed by atoms with Crippen molar-refractivity contribution in [3.05, 3.63) is 0 Å². The first-order valence-corrected chi connectivity index (χ1v) is 6.88. The van der Waals surface area contributed by atoms with Gasteiger partial charge in [-0.15, -0.1) is 0 Å². The largest absolute Gasteiger partial charge is 0.444 e. The van der Waals surface area contributed by atoms with Gasteiger partial charge in [-0.2, -0.15) is 0 Å². The SMILES string of the molecule is CCC(C)C(C)NC(C)CNC(=O)OC(C)(C)C. The van der Waals surface area contributed by atoms with Gasteiger partial charge in [-0.1, -0.05) is 20.3 Å². The third-order valence-corrected chi connectivity index (χ3v) is 3.00. The Labute approximate surface area is 112 Å². The predicted octanol–water partition coefficient (Wildman–Crippen LogP) is 2.92. The summed E-state index contributed by atoms with van der Waals surface area (Å²) in [6.07, 6.45) is 0.799. The Bertz CT molecular complexity index is 249. The summed E-state index contributed by atoms with van der Waals surface area (Å²) in [6.45, 7) is 14.8. The Balaban J connectivity index is 3.90. The molecule has 0 heterocycles. The lowest BCUT2D eigenvalue weighted by molar-refractivity contribution is 0.0522. The van der Waals surface area contributed by atoms with E-state index in [9.17, 15) is 4.79 Å². The number of nitrogens with one attached hydrogen (secondary N) is 2. The zero-order valence-corrected chi connectivity index (χ0v) is 13.0. The van der Waals surface area contributed by atoms with Gasteiger partial charge in [0.2, 0.25) is 0 Å². The quantitative estimate of drug-likeness (QED) is 0.770. The van der Waals surface area contributed by atoms with E-state index in [1.54, 1.807) is 0 Å². The standard InChI is InChI=1S/C14H30N2O2/c1-8-10(2)12(4)16-11(3)9-15-13(17)18-14(5,6)7/h10-12,16H,8-9H2,1-7H3,(H,15,17). The van der Waals surface area contributed by atoms with Crippen molar-refractivity contribution in [3.63, 3.8) is 0 Å². The van der Waals surface area contributed by atoms with Crippen LogP contribution in [0.15, 0.2) is 0 Å². The zero-order valence-electron chi connectivity index (χ0n) is 13.0. The van der Waals surface area contributed by atoms with Gasteiger partial charge in [0.1, 0.15) is 5.60 Å². The summed E-state index contributed by atoms with van der Waals surface area (Å²) >= 11 is 0. The average Bonchev–Trinajstić information content (AvgIpc) is 2.22. The van der Waals surface area contributed by atoms with Gasteiger partial charge in [0, 0.05) is 18.6 Å². The van der Waals surface area contributed by atoms with Gasteiger partial charge in [0.25, 0.3) is 0 Å². The number of ether oxygens (including phenoxy) is 1. The van der Waals surface area contributed by atoms with E-state index in [4.69, 9.17) is 4.74 Å². The van der Waals surface area contributed by atoms with Crippen LogP contribution >= 0.6 is 0 Å². The number of hydrogen-bond acceptors (Lipinski definition) is 3. The molecule has 3 unspecified atom stereocenters. The molecule has 1 amide bonds. The van der Waals surface area contributed by atoms with Crippen molar-refractivity contribution >= 4 is 6.09 Å². The highest BCUT2D eigenvalue weighted by Crippen LogP contribution is 2.08.